The number of carbonyl (C=O) groups excluding carboxylic acids is 2. The second-order valence-electron chi connectivity index (χ2n) is 5.66. The molecule has 0 aromatic carbocycles. The molecule has 1 amide bonds. The van der Waals surface area contributed by atoms with Crippen LogP contribution in [0.5, 0.6) is 0 Å². The van der Waals surface area contributed by atoms with Crippen LogP contribution in [0.25, 0.3) is 0 Å². The van der Waals surface area contributed by atoms with Gasteiger partial charge in [-0.25, -0.2) is 9.78 Å². The second-order valence-corrected chi connectivity index (χ2v) is 7.76. The van der Waals surface area contributed by atoms with Crippen molar-refractivity contribution in [2.45, 2.75) is 32.2 Å². The number of carbonyl (C=O) groups is 2. The number of nitriles is 2. The summed E-state index contributed by atoms with van der Waals surface area (Å²) in [7, 11) is 0. The summed E-state index contributed by atoms with van der Waals surface area (Å²) in [6.07, 6.45) is 0.168. The van der Waals surface area contributed by atoms with Gasteiger partial charge in [0.25, 0.3) is 0 Å². The third-order valence-electron chi connectivity index (χ3n) is 3.66. The van der Waals surface area contributed by atoms with Gasteiger partial charge in [-0.05, 0) is 38.5 Å². The van der Waals surface area contributed by atoms with Gasteiger partial charge in [0, 0.05) is 17.9 Å². The number of nitrogens with one attached hydrogen (secondary N) is 1. The first kappa shape index (κ1) is 21.4. The fraction of sp³-hybridized carbons (Fsp3) is 0.316. The van der Waals surface area contributed by atoms with E-state index in [2.05, 4.69) is 16.4 Å². The van der Waals surface area contributed by atoms with Crippen molar-refractivity contribution in [3.8, 4) is 12.1 Å². The van der Waals surface area contributed by atoms with E-state index in [4.69, 9.17) is 10.00 Å². The van der Waals surface area contributed by atoms with Gasteiger partial charge < -0.3 is 10.1 Å². The molecule has 0 aliphatic carbocycles. The lowest BCUT2D eigenvalue weighted by molar-refractivity contribution is -0.115. The zero-order valence-corrected chi connectivity index (χ0v) is 17.3. The van der Waals surface area contributed by atoms with E-state index in [0.29, 0.717) is 31.8 Å². The Morgan fingerprint density at radius 1 is 1.29 bits per heavy atom. The normalized spacial score (nSPS) is 10.0. The van der Waals surface area contributed by atoms with Crippen molar-refractivity contribution in [1.29, 1.82) is 10.5 Å². The van der Waals surface area contributed by atoms with Crippen molar-refractivity contribution in [2.24, 2.45) is 0 Å². The molecule has 2 rings (SSSR count). The number of anilines is 1. The van der Waals surface area contributed by atoms with Crippen LogP contribution in [-0.4, -0.2) is 29.2 Å². The maximum atomic E-state index is 12.3. The summed E-state index contributed by atoms with van der Waals surface area (Å²) in [5.41, 5.74) is 2.03. The first-order chi connectivity index (χ1) is 13.4. The zero-order valence-electron chi connectivity index (χ0n) is 15.7. The van der Waals surface area contributed by atoms with Crippen molar-refractivity contribution in [3.05, 3.63) is 39.4 Å². The van der Waals surface area contributed by atoms with Crippen molar-refractivity contribution < 1.29 is 14.3 Å². The molecule has 2 aromatic rings. The van der Waals surface area contributed by atoms with Gasteiger partial charge in [-0.2, -0.15) is 10.5 Å². The van der Waals surface area contributed by atoms with Gasteiger partial charge in [0.15, 0.2) is 0 Å². The number of hydrogen-bond donors (Lipinski definition) is 1. The molecule has 28 heavy (non-hydrogen) atoms. The molecule has 0 bridgehead atoms. The fourth-order valence-electron chi connectivity index (χ4n) is 2.29. The standard InChI is InChI=1S/C19H18N4O3S2/c1-4-26-19(25)16-12(3)14(10-21)18(28-16)23-15(24)7-8-27-17-13(9-20)6-5-11(2)22-17/h5-6H,4,7-8H2,1-3H3,(H,23,24). The van der Waals surface area contributed by atoms with Crippen LogP contribution < -0.4 is 5.32 Å². The Hall–Kier alpha value is -2.88. The van der Waals surface area contributed by atoms with E-state index in [0.717, 1.165) is 17.0 Å². The number of ether oxygens (including phenoxy) is 1. The summed E-state index contributed by atoms with van der Waals surface area (Å²) < 4.78 is 4.98. The Morgan fingerprint density at radius 3 is 2.68 bits per heavy atom. The number of thiophene rings is 1. The van der Waals surface area contributed by atoms with Gasteiger partial charge in [0.05, 0.1) is 17.7 Å². The average molecular weight is 415 g/mol. The molecule has 0 aliphatic heterocycles. The molecule has 0 atom stereocenters. The lowest BCUT2D eigenvalue weighted by Gasteiger charge is -2.05. The third kappa shape index (κ3) is 5.10. The van der Waals surface area contributed by atoms with Crippen LogP contribution in [-0.2, 0) is 9.53 Å². The van der Waals surface area contributed by atoms with Crippen molar-refractivity contribution >= 4 is 40.0 Å². The molecule has 1 N–H and O–H groups in total. The second kappa shape index (κ2) is 9.88. The van der Waals surface area contributed by atoms with Crippen LogP contribution in [0.2, 0.25) is 0 Å². The Morgan fingerprint density at radius 2 is 2.04 bits per heavy atom. The molecule has 7 nitrogen and oxygen atoms in total. The summed E-state index contributed by atoms with van der Waals surface area (Å²) in [5, 5.41) is 22.1. The summed E-state index contributed by atoms with van der Waals surface area (Å²) in [6.45, 7) is 5.42. The number of rotatable bonds is 7. The summed E-state index contributed by atoms with van der Waals surface area (Å²) in [5.74, 6) is -0.368. The molecule has 0 spiro atoms. The average Bonchev–Trinajstić information content (AvgIpc) is 2.97. The smallest absolute Gasteiger partial charge is 0.348 e. The Balaban J connectivity index is 2.03. The van der Waals surface area contributed by atoms with E-state index in [1.807, 2.05) is 13.0 Å². The highest BCUT2D eigenvalue weighted by Crippen LogP contribution is 2.33. The largest absolute Gasteiger partial charge is 0.462 e. The molecule has 0 saturated heterocycles. The molecule has 0 unspecified atom stereocenters. The molecule has 9 heteroatoms. The first-order valence-corrected chi connectivity index (χ1v) is 10.2. The minimum Gasteiger partial charge on any atom is -0.462 e. The lowest BCUT2D eigenvalue weighted by Crippen LogP contribution is -2.12. The summed E-state index contributed by atoms with van der Waals surface area (Å²) in [6, 6.07) is 7.58. The monoisotopic (exact) mass is 414 g/mol. The van der Waals surface area contributed by atoms with Gasteiger partial charge in [0.2, 0.25) is 5.91 Å². The van der Waals surface area contributed by atoms with E-state index < -0.39 is 5.97 Å². The minimum absolute atomic E-state index is 0.168. The number of thioether (sulfide) groups is 1. The SMILES string of the molecule is CCOC(=O)c1sc(NC(=O)CCSc2nc(C)ccc2C#N)c(C#N)c1C. The number of aromatic nitrogens is 1. The molecule has 2 heterocycles. The van der Waals surface area contributed by atoms with Gasteiger partial charge in [0.1, 0.15) is 27.0 Å². The van der Waals surface area contributed by atoms with Crippen LogP contribution in [0.1, 0.15) is 45.4 Å². The predicted molar refractivity (Wildman–Crippen MR) is 107 cm³/mol. The topological polar surface area (TPSA) is 116 Å². The highest BCUT2D eigenvalue weighted by molar-refractivity contribution is 7.99. The van der Waals surface area contributed by atoms with Crippen molar-refractivity contribution in [2.75, 3.05) is 17.7 Å². The molecule has 2 aromatic heterocycles. The van der Waals surface area contributed by atoms with Crippen LogP contribution in [0.15, 0.2) is 17.2 Å². The van der Waals surface area contributed by atoms with Crippen molar-refractivity contribution in [1.82, 2.24) is 4.98 Å². The Labute approximate surface area is 171 Å². The lowest BCUT2D eigenvalue weighted by atomic mass is 10.2. The van der Waals surface area contributed by atoms with Gasteiger partial charge in [-0.3, -0.25) is 4.79 Å². The highest BCUT2D eigenvalue weighted by Gasteiger charge is 2.22. The number of hydrogen-bond acceptors (Lipinski definition) is 8. The quantitative estimate of drug-likeness (QED) is 0.541. The van der Waals surface area contributed by atoms with E-state index in [1.54, 1.807) is 26.0 Å². The molecule has 0 fully saturated rings. The molecule has 144 valence electrons. The minimum atomic E-state index is -0.507. The fourth-order valence-corrected chi connectivity index (χ4v) is 4.31. The number of amides is 1. The number of pyridine rings is 1. The summed E-state index contributed by atoms with van der Waals surface area (Å²) >= 11 is 2.36. The highest BCUT2D eigenvalue weighted by atomic mass is 32.2. The van der Waals surface area contributed by atoms with Gasteiger partial charge in [-0.1, -0.05) is 0 Å². The van der Waals surface area contributed by atoms with Crippen LogP contribution in [0.4, 0.5) is 5.00 Å². The summed E-state index contributed by atoms with van der Waals surface area (Å²) in [4.78, 5) is 28.9. The third-order valence-corrected chi connectivity index (χ3v) is 5.84. The molecular weight excluding hydrogens is 396 g/mol. The van der Waals surface area contributed by atoms with Crippen LogP contribution in [0.3, 0.4) is 0 Å². The zero-order chi connectivity index (χ0) is 20.7. The van der Waals surface area contributed by atoms with Crippen LogP contribution >= 0.6 is 23.1 Å². The number of nitrogens with zero attached hydrogens (tertiary/aromatic N) is 3. The van der Waals surface area contributed by atoms with E-state index >= 15 is 0 Å². The maximum absolute atomic E-state index is 12.3. The van der Waals surface area contributed by atoms with Crippen molar-refractivity contribution in [3.63, 3.8) is 0 Å². The molecule has 0 aliphatic rings. The van der Waals surface area contributed by atoms with Gasteiger partial charge in [-0.15, -0.1) is 23.1 Å². The Bertz CT molecular complexity index is 986. The first-order valence-electron chi connectivity index (χ1n) is 8.42. The molecular formula is C19H18N4O3S2. The maximum Gasteiger partial charge on any atom is 0.348 e. The van der Waals surface area contributed by atoms with Gasteiger partial charge >= 0.3 is 5.97 Å². The van der Waals surface area contributed by atoms with E-state index in [1.165, 1.54) is 11.8 Å². The van der Waals surface area contributed by atoms with E-state index in [-0.39, 0.29) is 24.5 Å². The number of aryl methyl sites for hydroxylation is 1. The molecule has 0 radical (unpaired) electrons. The predicted octanol–water partition coefficient (Wildman–Crippen LogP) is 3.80. The van der Waals surface area contributed by atoms with Crippen LogP contribution in [0, 0.1) is 36.5 Å². The molecule has 0 saturated carbocycles. The number of esters is 1. The van der Waals surface area contributed by atoms with E-state index in [9.17, 15) is 14.9 Å². The Kier molecular flexibility index (Phi) is 7.56.